The number of rotatable bonds is 2. The second-order valence-electron chi connectivity index (χ2n) is 14.4. The summed E-state index contributed by atoms with van der Waals surface area (Å²) < 4.78 is 33.0. The molecule has 12 heteroatoms. The fraction of sp³-hybridized carbons (Fsp3) is 0.556. The first kappa shape index (κ1) is 33.4. The number of halogens is 1. The van der Waals surface area contributed by atoms with Crippen LogP contribution < -0.4 is 14.4 Å². The fourth-order valence-corrected chi connectivity index (χ4v) is 10.2. The molecule has 2 aliphatic carbocycles. The number of nitrogens with zero attached hydrogens (tertiary/aromatic N) is 3. The van der Waals surface area contributed by atoms with Gasteiger partial charge in [-0.1, -0.05) is 36.7 Å². The zero-order valence-corrected chi connectivity index (χ0v) is 29.2. The van der Waals surface area contributed by atoms with Gasteiger partial charge >= 0.3 is 6.03 Å². The molecule has 1 unspecified atom stereocenters. The number of carbonyl (C=O) groups is 2. The van der Waals surface area contributed by atoms with Crippen LogP contribution in [-0.4, -0.2) is 84.0 Å². The van der Waals surface area contributed by atoms with E-state index in [1.165, 1.54) is 16.0 Å². The first-order chi connectivity index (χ1) is 23.0. The van der Waals surface area contributed by atoms with E-state index >= 15 is 0 Å². The molecule has 0 radical (unpaired) electrons. The Morgan fingerprint density at radius 2 is 2.02 bits per heavy atom. The van der Waals surface area contributed by atoms with Crippen molar-refractivity contribution in [2.45, 2.75) is 63.1 Å². The standard InChI is InChI=1S/C36H45ClN4O6S/c1-23-5-3-7-32(42)29-11-8-26(29)17-41-21-36(14-4-6-24-15-27(37)10-12-30(24)36)22-47-33-13-9-25(16-31(33)41)34(43)38-48(45,20-23)39-35(44)40-18-28(19-40)46-2/h3,7,9-10,12-13,15-16,23,26,28-29,32,42H,4-6,8,11,14,17-22H2,1-2H3,(H,38,39,43,44,45)/b7-3+/t23-,26-,29+,32-,36-,48?/m0/s1. The number of benzene rings is 2. The highest BCUT2D eigenvalue weighted by Crippen LogP contribution is 2.46. The summed E-state index contributed by atoms with van der Waals surface area (Å²) in [5.41, 5.74) is 3.28. The molecule has 258 valence electrons. The van der Waals surface area contributed by atoms with Crippen molar-refractivity contribution in [1.82, 2.24) is 9.62 Å². The lowest BCUT2D eigenvalue weighted by Crippen LogP contribution is -2.58. The van der Waals surface area contributed by atoms with Crippen molar-refractivity contribution in [3.8, 4) is 5.75 Å². The van der Waals surface area contributed by atoms with Gasteiger partial charge in [0.25, 0.3) is 5.91 Å². The molecule has 1 saturated carbocycles. The molecule has 1 saturated heterocycles. The molecule has 0 aromatic heterocycles. The number of hydrogen-bond acceptors (Lipinski definition) is 7. The van der Waals surface area contributed by atoms with Gasteiger partial charge in [0.2, 0.25) is 0 Å². The summed E-state index contributed by atoms with van der Waals surface area (Å²) in [5.74, 6) is 0.223. The predicted octanol–water partition coefficient (Wildman–Crippen LogP) is 5.36. The van der Waals surface area contributed by atoms with Gasteiger partial charge in [-0.05, 0) is 97.7 Å². The van der Waals surface area contributed by atoms with E-state index in [2.05, 4.69) is 26.1 Å². The highest BCUT2D eigenvalue weighted by Gasteiger charge is 2.44. The molecule has 2 N–H and O–H groups in total. The SMILES string of the molecule is COC1CN(C(=O)NS2(=O)=NC(=O)c3ccc4c(c3)N(C[C@@H]3CC[C@H]3[C@@H](O)/C=C/C[C@H](C)C2)C[C@@]2(CCCc3cc(Cl)ccc32)CO4)C1. The minimum Gasteiger partial charge on any atom is -0.490 e. The number of anilines is 1. The van der Waals surface area contributed by atoms with Crippen LogP contribution in [0.2, 0.25) is 5.02 Å². The van der Waals surface area contributed by atoms with Crippen LogP contribution in [0.25, 0.3) is 0 Å². The molecule has 2 aromatic rings. The van der Waals surface area contributed by atoms with Crippen molar-refractivity contribution in [1.29, 1.82) is 0 Å². The van der Waals surface area contributed by atoms with E-state index in [-0.39, 0.29) is 40.6 Å². The minimum absolute atomic E-state index is 0.00929. The smallest absolute Gasteiger partial charge is 0.330 e. The molecule has 3 aliphatic heterocycles. The van der Waals surface area contributed by atoms with Crippen LogP contribution in [-0.2, 0) is 26.5 Å². The van der Waals surface area contributed by atoms with Gasteiger partial charge in [-0.15, -0.1) is 4.36 Å². The molecule has 7 rings (SSSR count). The molecule has 6 atom stereocenters. The van der Waals surface area contributed by atoms with Crippen LogP contribution in [0, 0.1) is 17.8 Å². The number of aliphatic hydroxyl groups is 1. The average Bonchev–Trinajstić information content (AvgIpc) is 3.14. The van der Waals surface area contributed by atoms with Crippen molar-refractivity contribution >= 4 is 39.1 Å². The summed E-state index contributed by atoms with van der Waals surface area (Å²) in [7, 11) is -1.90. The van der Waals surface area contributed by atoms with E-state index in [0.29, 0.717) is 45.0 Å². The van der Waals surface area contributed by atoms with E-state index < -0.39 is 28.0 Å². The van der Waals surface area contributed by atoms with Gasteiger partial charge in [-0.25, -0.2) is 9.00 Å². The zero-order valence-electron chi connectivity index (χ0n) is 27.6. The minimum atomic E-state index is -3.49. The third-order valence-corrected chi connectivity index (χ3v) is 13.2. The lowest BCUT2D eigenvalue weighted by atomic mass is 9.68. The number of ether oxygens (including phenoxy) is 2. The maximum absolute atomic E-state index is 14.3. The summed E-state index contributed by atoms with van der Waals surface area (Å²) >= 11 is 6.42. The Kier molecular flexibility index (Phi) is 9.25. The molecule has 2 bridgehead atoms. The quantitative estimate of drug-likeness (QED) is 0.406. The van der Waals surface area contributed by atoms with E-state index in [1.807, 2.05) is 31.2 Å². The van der Waals surface area contributed by atoms with Gasteiger partial charge in [0.1, 0.15) is 15.7 Å². The first-order valence-electron chi connectivity index (χ1n) is 17.1. The zero-order chi connectivity index (χ0) is 33.6. The Morgan fingerprint density at radius 3 is 2.79 bits per heavy atom. The predicted molar refractivity (Wildman–Crippen MR) is 186 cm³/mol. The maximum atomic E-state index is 14.3. The molecule has 3 amide bonds. The Hall–Kier alpha value is -3.12. The number of carbonyl (C=O) groups excluding carboxylic acids is 2. The van der Waals surface area contributed by atoms with Crippen molar-refractivity contribution in [3.05, 3.63) is 70.3 Å². The number of urea groups is 1. The number of fused-ring (bicyclic) bond motifs is 4. The summed E-state index contributed by atoms with van der Waals surface area (Å²) in [6.07, 6.45) is 8.52. The Labute approximate surface area is 288 Å². The average molecular weight is 697 g/mol. The Bertz CT molecular complexity index is 1740. The monoisotopic (exact) mass is 696 g/mol. The Morgan fingerprint density at radius 1 is 1.19 bits per heavy atom. The third-order valence-electron chi connectivity index (χ3n) is 11.0. The number of likely N-dealkylation sites (tertiary alicyclic amines) is 1. The second kappa shape index (κ2) is 13.3. The van der Waals surface area contributed by atoms with Crippen molar-refractivity contribution in [3.63, 3.8) is 0 Å². The number of allylic oxidation sites excluding steroid dienone is 1. The molecule has 2 aromatic carbocycles. The van der Waals surface area contributed by atoms with Gasteiger partial charge in [0, 0.05) is 36.2 Å². The van der Waals surface area contributed by atoms with E-state index in [9.17, 15) is 18.9 Å². The number of aliphatic hydroxyl groups excluding tert-OH is 1. The first-order valence-corrected chi connectivity index (χ1v) is 19.1. The second-order valence-corrected chi connectivity index (χ2v) is 16.9. The highest BCUT2D eigenvalue weighted by molar-refractivity contribution is 7.92. The van der Waals surface area contributed by atoms with Crippen molar-refractivity contribution in [2.24, 2.45) is 22.1 Å². The highest BCUT2D eigenvalue weighted by atomic mass is 35.5. The van der Waals surface area contributed by atoms with Crippen LogP contribution in [0.4, 0.5) is 10.5 Å². The summed E-state index contributed by atoms with van der Waals surface area (Å²) in [5, 5.41) is 12.0. The van der Waals surface area contributed by atoms with Crippen molar-refractivity contribution in [2.75, 3.05) is 50.5 Å². The third kappa shape index (κ3) is 6.58. The molecule has 10 nitrogen and oxygen atoms in total. The Balaban J connectivity index is 1.27. The molecular formula is C36H45ClN4O6S. The van der Waals surface area contributed by atoms with Crippen molar-refractivity contribution < 1.29 is 28.4 Å². The van der Waals surface area contributed by atoms with Crippen LogP contribution >= 0.6 is 11.6 Å². The van der Waals surface area contributed by atoms with Crippen LogP contribution in [0.3, 0.4) is 0 Å². The van der Waals surface area contributed by atoms with E-state index in [1.54, 1.807) is 19.2 Å². The number of nitrogens with one attached hydrogen (secondary N) is 1. The number of methoxy groups -OCH3 is 1. The van der Waals surface area contributed by atoms with E-state index in [4.69, 9.17) is 21.1 Å². The summed E-state index contributed by atoms with van der Waals surface area (Å²) in [4.78, 5) is 30.8. The van der Waals surface area contributed by atoms with Gasteiger partial charge in [-0.2, -0.15) is 0 Å². The summed E-state index contributed by atoms with van der Waals surface area (Å²) in [6.45, 7) is 4.54. The number of amides is 3. The topological polar surface area (TPSA) is 121 Å². The molecule has 48 heavy (non-hydrogen) atoms. The molecular weight excluding hydrogens is 652 g/mol. The summed E-state index contributed by atoms with van der Waals surface area (Å²) in [6, 6.07) is 10.9. The van der Waals surface area contributed by atoms with Gasteiger partial charge in [0.15, 0.2) is 0 Å². The molecule has 3 heterocycles. The van der Waals surface area contributed by atoms with Crippen LogP contribution in [0.5, 0.6) is 5.75 Å². The molecule has 5 aliphatic rings. The van der Waals surface area contributed by atoms with Gasteiger partial charge < -0.3 is 24.4 Å². The number of hydrogen-bond donors (Lipinski definition) is 2. The number of aryl methyl sites for hydroxylation is 1. The normalized spacial score (nSPS) is 32.8. The fourth-order valence-electron chi connectivity index (χ4n) is 8.09. The van der Waals surface area contributed by atoms with Crippen LogP contribution in [0.1, 0.15) is 60.5 Å². The maximum Gasteiger partial charge on any atom is 0.330 e. The van der Waals surface area contributed by atoms with E-state index in [0.717, 1.165) is 42.8 Å². The largest absolute Gasteiger partial charge is 0.490 e. The lowest BCUT2D eigenvalue weighted by Gasteiger charge is -2.45. The molecule has 1 spiro atoms. The van der Waals surface area contributed by atoms with Gasteiger partial charge in [-0.3, -0.25) is 9.52 Å². The van der Waals surface area contributed by atoms with Gasteiger partial charge in [0.05, 0.1) is 43.3 Å². The molecule has 2 fully saturated rings. The lowest BCUT2D eigenvalue weighted by molar-refractivity contribution is -0.00645. The van der Waals surface area contributed by atoms with Crippen LogP contribution in [0.15, 0.2) is 52.9 Å².